The molecule has 0 bridgehead atoms. The van der Waals surface area contributed by atoms with Crippen LogP contribution in [0.1, 0.15) is 24.0 Å². The molecule has 3 atom stereocenters. The first-order valence-corrected chi connectivity index (χ1v) is 9.74. The van der Waals surface area contributed by atoms with Crippen LogP contribution in [0.2, 0.25) is 0 Å². The van der Waals surface area contributed by atoms with Crippen LogP contribution >= 0.6 is 0 Å². The van der Waals surface area contributed by atoms with Gasteiger partial charge in [-0.05, 0) is 29.7 Å². The molecule has 0 radical (unpaired) electrons. The first-order chi connectivity index (χ1) is 11.5. The summed E-state index contributed by atoms with van der Waals surface area (Å²) in [6.45, 7) is 1.98. The van der Waals surface area contributed by atoms with E-state index in [0.29, 0.717) is 0 Å². The Morgan fingerprint density at radius 2 is 1.71 bits per heavy atom. The van der Waals surface area contributed by atoms with Crippen molar-refractivity contribution >= 4 is 9.84 Å². The maximum atomic E-state index is 13.1. The van der Waals surface area contributed by atoms with Crippen LogP contribution < -0.4 is 5.73 Å². The second kappa shape index (κ2) is 6.31. The van der Waals surface area contributed by atoms with Crippen molar-refractivity contribution in [3.05, 3.63) is 65.7 Å². The first kappa shape index (κ1) is 17.1. The molecular formula is C19H23NO3S. The highest BCUT2D eigenvalue weighted by atomic mass is 32.2. The molecule has 0 aromatic heterocycles. The molecule has 0 aliphatic heterocycles. The van der Waals surface area contributed by atoms with Gasteiger partial charge in [0.25, 0.3) is 0 Å². The lowest BCUT2D eigenvalue weighted by Crippen LogP contribution is -2.27. The zero-order chi connectivity index (χ0) is 17.4. The van der Waals surface area contributed by atoms with Crippen molar-refractivity contribution in [2.24, 2.45) is 11.1 Å². The molecule has 1 aliphatic rings. The molecular weight excluding hydrogens is 322 g/mol. The predicted molar refractivity (Wildman–Crippen MR) is 94.6 cm³/mol. The standard InChI is InChI=1S/C19H23NO3S/c1-2-14-8-10-15(11-9-14)17-18(19(17,12-20)13-21)24(22,23)16-6-4-3-5-7-16/h3-11,17-18,21H,2,12-13,20H2,1H3/t17-,18-,19+/m1/s1. The Morgan fingerprint density at radius 3 is 2.21 bits per heavy atom. The zero-order valence-corrected chi connectivity index (χ0v) is 14.5. The summed E-state index contributed by atoms with van der Waals surface area (Å²) < 4.78 is 26.1. The summed E-state index contributed by atoms with van der Waals surface area (Å²) in [6, 6.07) is 16.4. The van der Waals surface area contributed by atoms with Crippen molar-refractivity contribution < 1.29 is 13.5 Å². The van der Waals surface area contributed by atoms with Crippen molar-refractivity contribution in [2.75, 3.05) is 13.2 Å². The van der Waals surface area contributed by atoms with E-state index in [4.69, 9.17) is 5.73 Å². The van der Waals surface area contributed by atoms with Gasteiger partial charge < -0.3 is 10.8 Å². The molecule has 3 rings (SSSR count). The quantitative estimate of drug-likeness (QED) is 0.840. The normalized spacial score (nSPS) is 26.3. The molecule has 5 heteroatoms. The Morgan fingerprint density at radius 1 is 1.08 bits per heavy atom. The third-order valence-corrected chi connectivity index (χ3v) is 7.55. The lowest BCUT2D eigenvalue weighted by molar-refractivity contribution is 0.212. The van der Waals surface area contributed by atoms with Gasteiger partial charge >= 0.3 is 0 Å². The summed E-state index contributed by atoms with van der Waals surface area (Å²) in [5.74, 6) is -0.274. The van der Waals surface area contributed by atoms with E-state index < -0.39 is 20.5 Å². The van der Waals surface area contributed by atoms with Gasteiger partial charge in [0.2, 0.25) is 0 Å². The molecule has 1 saturated carbocycles. The van der Waals surface area contributed by atoms with E-state index in [1.54, 1.807) is 30.3 Å². The summed E-state index contributed by atoms with van der Waals surface area (Å²) in [5.41, 5.74) is 7.23. The number of nitrogens with two attached hydrogens (primary N) is 1. The fraction of sp³-hybridized carbons (Fsp3) is 0.368. The second-order valence-corrected chi connectivity index (χ2v) is 8.52. The van der Waals surface area contributed by atoms with Crippen molar-refractivity contribution in [3.63, 3.8) is 0 Å². The van der Waals surface area contributed by atoms with E-state index in [2.05, 4.69) is 6.92 Å². The smallest absolute Gasteiger partial charge is 0.182 e. The molecule has 2 aromatic carbocycles. The van der Waals surface area contributed by atoms with Gasteiger partial charge in [-0.3, -0.25) is 0 Å². The van der Waals surface area contributed by atoms with E-state index in [9.17, 15) is 13.5 Å². The largest absolute Gasteiger partial charge is 0.396 e. The number of rotatable bonds is 6. The van der Waals surface area contributed by atoms with E-state index >= 15 is 0 Å². The number of aliphatic hydroxyl groups excluding tert-OH is 1. The third-order valence-electron chi connectivity index (χ3n) is 5.21. The molecule has 3 N–H and O–H groups in total. The Hall–Kier alpha value is -1.69. The van der Waals surface area contributed by atoms with Crippen molar-refractivity contribution in [1.82, 2.24) is 0 Å². The molecule has 0 saturated heterocycles. The first-order valence-electron chi connectivity index (χ1n) is 8.20. The van der Waals surface area contributed by atoms with Gasteiger partial charge in [0.1, 0.15) is 0 Å². The molecule has 1 fully saturated rings. The highest BCUT2D eigenvalue weighted by Gasteiger charge is 2.70. The number of aryl methyl sites for hydroxylation is 1. The van der Waals surface area contributed by atoms with E-state index in [1.807, 2.05) is 24.3 Å². The summed E-state index contributed by atoms with van der Waals surface area (Å²) in [5, 5.41) is 9.24. The monoisotopic (exact) mass is 345 g/mol. The summed E-state index contributed by atoms with van der Waals surface area (Å²) in [7, 11) is -3.55. The highest BCUT2D eigenvalue weighted by molar-refractivity contribution is 7.92. The Bertz CT molecular complexity index is 796. The maximum Gasteiger partial charge on any atom is 0.182 e. The average molecular weight is 345 g/mol. The molecule has 0 amide bonds. The fourth-order valence-electron chi connectivity index (χ4n) is 3.66. The zero-order valence-electron chi connectivity index (χ0n) is 13.7. The molecule has 4 nitrogen and oxygen atoms in total. The number of benzene rings is 2. The van der Waals surface area contributed by atoms with Gasteiger partial charge in [-0.15, -0.1) is 0 Å². The molecule has 2 aromatic rings. The van der Waals surface area contributed by atoms with Crippen LogP contribution in [0.15, 0.2) is 59.5 Å². The molecule has 24 heavy (non-hydrogen) atoms. The van der Waals surface area contributed by atoms with Gasteiger partial charge in [-0.1, -0.05) is 49.4 Å². The number of aliphatic hydroxyl groups is 1. The van der Waals surface area contributed by atoms with Gasteiger partial charge in [0.15, 0.2) is 9.84 Å². The van der Waals surface area contributed by atoms with E-state index in [0.717, 1.165) is 12.0 Å². The van der Waals surface area contributed by atoms with Crippen molar-refractivity contribution in [2.45, 2.75) is 29.4 Å². The summed E-state index contributed by atoms with van der Waals surface area (Å²) in [6.07, 6.45) is 0.929. The average Bonchev–Trinajstić information content (AvgIpc) is 3.33. The third kappa shape index (κ3) is 2.57. The molecule has 0 spiro atoms. The van der Waals surface area contributed by atoms with Crippen LogP contribution in [0.25, 0.3) is 0 Å². The van der Waals surface area contributed by atoms with Gasteiger partial charge in [0.05, 0.1) is 16.8 Å². The Labute approximate surface area is 143 Å². The predicted octanol–water partition coefficient (Wildman–Crippen LogP) is 2.13. The number of hydrogen-bond acceptors (Lipinski definition) is 4. The van der Waals surface area contributed by atoms with Crippen LogP contribution in [0.5, 0.6) is 0 Å². The minimum atomic E-state index is -3.55. The molecule has 1 aliphatic carbocycles. The van der Waals surface area contributed by atoms with Crippen LogP contribution in [0.4, 0.5) is 0 Å². The maximum absolute atomic E-state index is 13.1. The lowest BCUT2D eigenvalue weighted by Gasteiger charge is -2.12. The Balaban J connectivity index is 2.02. The number of sulfone groups is 1. The molecule has 0 unspecified atom stereocenters. The van der Waals surface area contributed by atoms with Crippen LogP contribution in [-0.2, 0) is 16.3 Å². The second-order valence-electron chi connectivity index (χ2n) is 6.45. The van der Waals surface area contributed by atoms with Crippen LogP contribution in [-0.4, -0.2) is 31.9 Å². The fourth-order valence-corrected chi connectivity index (χ4v) is 6.13. The van der Waals surface area contributed by atoms with Gasteiger partial charge in [-0.25, -0.2) is 8.42 Å². The summed E-state index contributed by atoms with van der Waals surface area (Å²) in [4.78, 5) is 0.286. The van der Waals surface area contributed by atoms with Crippen LogP contribution in [0, 0.1) is 5.41 Å². The van der Waals surface area contributed by atoms with Gasteiger partial charge in [-0.2, -0.15) is 0 Å². The Kier molecular flexibility index (Phi) is 4.51. The molecule has 0 heterocycles. The topological polar surface area (TPSA) is 80.4 Å². The minimum Gasteiger partial charge on any atom is -0.396 e. The number of hydrogen-bond donors (Lipinski definition) is 2. The molecule has 128 valence electrons. The minimum absolute atomic E-state index is 0.139. The van der Waals surface area contributed by atoms with E-state index in [1.165, 1.54) is 5.56 Å². The lowest BCUT2D eigenvalue weighted by atomic mass is 9.99. The van der Waals surface area contributed by atoms with Gasteiger partial charge in [0, 0.05) is 17.9 Å². The summed E-state index contributed by atoms with van der Waals surface area (Å²) >= 11 is 0. The van der Waals surface area contributed by atoms with Crippen molar-refractivity contribution in [3.8, 4) is 0 Å². The SMILES string of the molecule is CCc1ccc([C@@H]2[C@@H](S(=O)(=O)c3ccccc3)[C@@]2(CN)CO)cc1. The van der Waals surface area contributed by atoms with Crippen LogP contribution in [0.3, 0.4) is 0 Å². The van der Waals surface area contributed by atoms with Crippen molar-refractivity contribution in [1.29, 1.82) is 0 Å². The highest BCUT2D eigenvalue weighted by Crippen LogP contribution is 2.63. The van der Waals surface area contributed by atoms with E-state index in [-0.39, 0.29) is 24.0 Å².